The first-order valence-electron chi connectivity index (χ1n) is 12.5. The quantitative estimate of drug-likeness (QED) is 0.573. The predicted molar refractivity (Wildman–Crippen MR) is 131 cm³/mol. The van der Waals surface area contributed by atoms with E-state index in [2.05, 4.69) is 41.4 Å². The fourth-order valence-corrected chi connectivity index (χ4v) is 5.28. The van der Waals surface area contributed by atoms with Gasteiger partial charge in [0.25, 0.3) is 0 Å². The molecule has 0 bridgehead atoms. The number of likely N-dealkylation sites (tertiary alicyclic amines) is 1. The van der Waals surface area contributed by atoms with Gasteiger partial charge in [0, 0.05) is 12.2 Å². The van der Waals surface area contributed by atoms with Crippen LogP contribution >= 0.6 is 0 Å². The molecule has 4 heteroatoms. The van der Waals surface area contributed by atoms with E-state index in [1.807, 2.05) is 24.3 Å². The van der Waals surface area contributed by atoms with Crippen molar-refractivity contribution >= 4 is 11.6 Å². The van der Waals surface area contributed by atoms with Crippen molar-refractivity contribution in [1.82, 2.24) is 4.90 Å². The molecule has 32 heavy (non-hydrogen) atoms. The van der Waals surface area contributed by atoms with E-state index in [4.69, 9.17) is 4.74 Å². The zero-order chi connectivity index (χ0) is 22.2. The molecule has 1 aliphatic heterocycles. The zero-order valence-corrected chi connectivity index (χ0v) is 19.6. The number of hydrogen-bond acceptors (Lipinski definition) is 3. The first-order valence-corrected chi connectivity index (χ1v) is 12.5. The molecule has 0 radical (unpaired) electrons. The zero-order valence-electron chi connectivity index (χ0n) is 19.6. The first kappa shape index (κ1) is 22.8. The number of amides is 1. The molecule has 2 aromatic rings. The highest BCUT2D eigenvalue weighted by atomic mass is 16.5. The highest BCUT2D eigenvalue weighted by Crippen LogP contribution is 2.40. The Morgan fingerprint density at radius 1 is 0.938 bits per heavy atom. The molecule has 0 spiro atoms. The van der Waals surface area contributed by atoms with Crippen LogP contribution in [-0.4, -0.2) is 37.0 Å². The topological polar surface area (TPSA) is 41.6 Å². The molecular formula is C28H38N2O2. The van der Waals surface area contributed by atoms with E-state index in [1.165, 1.54) is 50.8 Å². The monoisotopic (exact) mass is 434 g/mol. The number of aryl methyl sites for hydroxylation is 1. The largest absolute Gasteiger partial charge is 0.492 e. The van der Waals surface area contributed by atoms with Crippen LogP contribution in [0.4, 0.5) is 5.69 Å². The van der Waals surface area contributed by atoms with Crippen molar-refractivity contribution in [3.63, 3.8) is 0 Å². The minimum absolute atomic E-state index is 0.123. The van der Waals surface area contributed by atoms with Gasteiger partial charge in [-0.1, -0.05) is 61.9 Å². The fourth-order valence-electron chi connectivity index (χ4n) is 5.28. The van der Waals surface area contributed by atoms with Crippen LogP contribution in [0.25, 0.3) is 0 Å². The number of anilines is 1. The molecule has 0 aromatic heterocycles. The SMILES string of the molecule is Cc1cccc(C2(C(=O)Nc3ccc(OCCN4CCCCCC4)cc3)CCCCC2)c1. The lowest BCUT2D eigenvalue weighted by molar-refractivity contribution is -0.122. The Labute approximate surface area is 193 Å². The minimum atomic E-state index is -0.424. The second-order valence-electron chi connectivity index (χ2n) is 9.60. The average Bonchev–Trinajstić information content (AvgIpc) is 3.09. The standard InChI is InChI=1S/C28H38N2O2/c1-23-10-9-11-24(22-23)28(16-5-4-6-17-28)27(31)29-25-12-14-26(15-13-25)32-21-20-30-18-7-2-3-8-19-30/h9-15,22H,2-8,16-21H2,1H3,(H,29,31). The van der Waals surface area contributed by atoms with E-state index in [0.29, 0.717) is 6.61 Å². The number of carbonyl (C=O) groups is 1. The molecule has 2 aromatic carbocycles. The molecule has 4 nitrogen and oxygen atoms in total. The number of benzene rings is 2. The molecule has 1 amide bonds. The van der Waals surface area contributed by atoms with Crippen LogP contribution in [0.5, 0.6) is 5.75 Å². The third kappa shape index (κ3) is 5.72. The van der Waals surface area contributed by atoms with Gasteiger partial charge < -0.3 is 10.1 Å². The Balaban J connectivity index is 1.36. The van der Waals surface area contributed by atoms with E-state index in [-0.39, 0.29) is 5.91 Å². The summed E-state index contributed by atoms with van der Waals surface area (Å²) in [6.45, 7) is 6.18. The van der Waals surface area contributed by atoms with E-state index >= 15 is 0 Å². The van der Waals surface area contributed by atoms with Crippen molar-refractivity contribution < 1.29 is 9.53 Å². The summed E-state index contributed by atoms with van der Waals surface area (Å²) in [7, 11) is 0. The van der Waals surface area contributed by atoms with Gasteiger partial charge in [-0.15, -0.1) is 0 Å². The van der Waals surface area contributed by atoms with Gasteiger partial charge in [0.15, 0.2) is 0 Å². The van der Waals surface area contributed by atoms with Crippen molar-refractivity contribution in [3.8, 4) is 5.75 Å². The highest BCUT2D eigenvalue weighted by molar-refractivity contribution is 5.99. The number of hydrogen-bond donors (Lipinski definition) is 1. The summed E-state index contributed by atoms with van der Waals surface area (Å²) in [6.07, 6.45) is 10.6. The van der Waals surface area contributed by atoms with Crippen LogP contribution in [0.2, 0.25) is 0 Å². The minimum Gasteiger partial charge on any atom is -0.492 e. The third-order valence-electron chi connectivity index (χ3n) is 7.20. The van der Waals surface area contributed by atoms with Gasteiger partial charge in [-0.2, -0.15) is 0 Å². The second kappa shape index (κ2) is 11.0. The number of ether oxygens (including phenoxy) is 1. The van der Waals surface area contributed by atoms with Gasteiger partial charge in [0.2, 0.25) is 5.91 Å². The number of carbonyl (C=O) groups excluding carboxylic acids is 1. The second-order valence-corrected chi connectivity index (χ2v) is 9.60. The summed E-state index contributed by atoms with van der Waals surface area (Å²) in [5.74, 6) is 0.988. The average molecular weight is 435 g/mol. The van der Waals surface area contributed by atoms with Crippen LogP contribution < -0.4 is 10.1 Å². The summed E-state index contributed by atoms with van der Waals surface area (Å²) in [5, 5.41) is 3.21. The van der Waals surface area contributed by atoms with Crippen LogP contribution in [0.15, 0.2) is 48.5 Å². The van der Waals surface area contributed by atoms with Gasteiger partial charge in [0.05, 0.1) is 5.41 Å². The summed E-state index contributed by atoms with van der Waals surface area (Å²) in [4.78, 5) is 16.0. The van der Waals surface area contributed by atoms with Gasteiger partial charge in [-0.3, -0.25) is 9.69 Å². The maximum Gasteiger partial charge on any atom is 0.235 e. The van der Waals surface area contributed by atoms with Gasteiger partial charge in [-0.05, 0) is 75.5 Å². The summed E-state index contributed by atoms with van der Waals surface area (Å²) in [5.41, 5.74) is 2.78. The van der Waals surface area contributed by atoms with E-state index < -0.39 is 5.41 Å². The molecule has 2 fully saturated rings. The van der Waals surface area contributed by atoms with Crippen LogP contribution in [0.1, 0.15) is 68.9 Å². The maximum absolute atomic E-state index is 13.5. The molecule has 1 saturated carbocycles. The Morgan fingerprint density at radius 3 is 2.31 bits per heavy atom. The first-order chi connectivity index (χ1) is 15.7. The molecule has 2 aliphatic rings. The molecule has 1 N–H and O–H groups in total. The number of nitrogens with zero attached hydrogens (tertiary/aromatic N) is 1. The smallest absolute Gasteiger partial charge is 0.235 e. The van der Waals surface area contributed by atoms with E-state index in [9.17, 15) is 4.79 Å². The highest BCUT2D eigenvalue weighted by Gasteiger charge is 2.41. The summed E-state index contributed by atoms with van der Waals surface area (Å²) < 4.78 is 5.97. The number of nitrogens with one attached hydrogen (secondary N) is 1. The molecule has 0 unspecified atom stereocenters. The normalized spacial score (nSPS) is 19.2. The molecule has 172 valence electrons. The summed E-state index contributed by atoms with van der Waals surface area (Å²) >= 11 is 0. The summed E-state index contributed by atoms with van der Waals surface area (Å²) in [6, 6.07) is 16.4. The van der Waals surface area contributed by atoms with Crippen molar-refractivity contribution in [2.24, 2.45) is 0 Å². The van der Waals surface area contributed by atoms with Crippen molar-refractivity contribution in [2.75, 3.05) is 31.6 Å². The Kier molecular flexibility index (Phi) is 7.85. The molecule has 1 aliphatic carbocycles. The lowest BCUT2D eigenvalue weighted by atomic mass is 9.68. The lowest BCUT2D eigenvalue weighted by Gasteiger charge is -2.36. The van der Waals surface area contributed by atoms with E-state index in [1.54, 1.807) is 0 Å². The Hall–Kier alpha value is -2.33. The van der Waals surface area contributed by atoms with E-state index in [0.717, 1.165) is 49.2 Å². The van der Waals surface area contributed by atoms with Crippen LogP contribution in [0, 0.1) is 6.92 Å². The maximum atomic E-state index is 13.5. The third-order valence-corrected chi connectivity index (χ3v) is 7.20. The van der Waals surface area contributed by atoms with Crippen LogP contribution in [0.3, 0.4) is 0 Å². The van der Waals surface area contributed by atoms with Gasteiger partial charge >= 0.3 is 0 Å². The predicted octanol–water partition coefficient (Wildman–Crippen LogP) is 6.09. The van der Waals surface area contributed by atoms with Gasteiger partial charge in [0.1, 0.15) is 12.4 Å². The Morgan fingerprint density at radius 2 is 1.62 bits per heavy atom. The Bertz CT molecular complexity index is 863. The molecule has 0 atom stereocenters. The van der Waals surface area contributed by atoms with Crippen molar-refractivity contribution in [3.05, 3.63) is 59.7 Å². The molecule has 1 saturated heterocycles. The molecule has 1 heterocycles. The molecule has 4 rings (SSSR count). The van der Waals surface area contributed by atoms with Gasteiger partial charge in [-0.25, -0.2) is 0 Å². The van der Waals surface area contributed by atoms with Crippen molar-refractivity contribution in [2.45, 2.75) is 70.1 Å². The van der Waals surface area contributed by atoms with Crippen molar-refractivity contribution in [1.29, 1.82) is 0 Å². The molecular weight excluding hydrogens is 396 g/mol. The van der Waals surface area contributed by atoms with Crippen LogP contribution in [-0.2, 0) is 10.2 Å². The fraction of sp³-hybridized carbons (Fsp3) is 0.536. The lowest BCUT2D eigenvalue weighted by Crippen LogP contribution is -2.42. The number of rotatable bonds is 7.